The standard InChI is InChI=1S/C21H28FNO5S/c1-29(25,26)20-5-2-14(10-19(20)22)12-27-13-16-11-18(16)15-6-8-23(9-7-15)21(24)28-17-3-4-17/h2,5,10,15-18H,3-4,6-9,11-13H2,1H3/t16-,18-/m1/s1. The van der Waals surface area contributed by atoms with Gasteiger partial charge in [0.2, 0.25) is 0 Å². The van der Waals surface area contributed by atoms with Crippen molar-refractivity contribution in [1.29, 1.82) is 0 Å². The number of rotatable bonds is 7. The van der Waals surface area contributed by atoms with Gasteiger partial charge in [-0.3, -0.25) is 0 Å². The molecular weight excluding hydrogens is 397 g/mol. The van der Waals surface area contributed by atoms with Gasteiger partial charge in [-0.2, -0.15) is 0 Å². The molecule has 2 aliphatic carbocycles. The average Bonchev–Trinajstić information content (AvgIpc) is 3.57. The maximum absolute atomic E-state index is 13.9. The van der Waals surface area contributed by atoms with E-state index in [0.717, 1.165) is 51.4 Å². The van der Waals surface area contributed by atoms with Gasteiger partial charge < -0.3 is 14.4 Å². The van der Waals surface area contributed by atoms with E-state index in [9.17, 15) is 17.6 Å². The molecule has 1 heterocycles. The summed E-state index contributed by atoms with van der Waals surface area (Å²) in [5, 5.41) is 0. The molecule has 0 radical (unpaired) electrons. The number of likely N-dealkylation sites (tertiary alicyclic amines) is 1. The van der Waals surface area contributed by atoms with Gasteiger partial charge in [0.25, 0.3) is 0 Å². The van der Waals surface area contributed by atoms with Crippen molar-refractivity contribution >= 4 is 15.9 Å². The molecule has 2 atom stereocenters. The van der Waals surface area contributed by atoms with Crippen LogP contribution in [0.15, 0.2) is 23.1 Å². The van der Waals surface area contributed by atoms with E-state index in [4.69, 9.17) is 9.47 Å². The molecule has 1 amide bonds. The molecule has 2 saturated carbocycles. The Balaban J connectivity index is 1.17. The molecule has 160 valence electrons. The number of ether oxygens (including phenoxy) is 2. The highest BCUT2D eigenvalue weighted by Crippen LogP contribution is 2.48. The topological polar surface area (TPSA) is 72.9 Å². The summed E-state index contributed by atoms with van der Waals surface area (Å²) in [6.07, 6.45) is 6.16. The summed E-state index contributed by atoms with van der Waals surface area (Å²) in [5.74, 6) is 1.05. The van der Waals surface area contributed by atoms with Gasteiger partial charge in [-0.1, -0.05) is 6.07 Å². The van der Waals surface area contributed by atoms with Crippen molar-refractivity contribution in [2.24, 2.45) is 17.8 Å². The lowest BCUT2D eigenvalue weighted by atomic mass is 9.91. The minimum atomic E-state index is -3.55. The molecule has 4 rings (SSSR count). The first kappa shape index (κ1) is 20.6. The second-order valence-electron chi connectivity index (χ2n) is 8.62. The van der Waals surface area contributed by atoms with E-state index in [1.807, 2.05) is 4.90 Å². The Morgan fingerprint density at radius 1 is 1.21 bits per heavy atom. The van der Waals surface area contributed by atoms with Crippen LogP contribution in [-0.2, 0) is 25.9 Å². The van der Waals surface area contributed by atoms with Gasteiger partial charge >= 0.3 is 6.09 Å². The quantitative estimate of drug-likeness (QED) is 0.670. The zero-order valence-electron chi connectivity index (χ0n) is 16.7. The molecule has 1 saturated heterocycles. The van der Waals surface area contributed by atoms with Gasteiger partial charge in [0.05, 0.1) is 13.2 Å². The van der Waals surface area contributed by atoms with Crippen LogP contribution in [-0.4, -0.2) is 51.5 Å². The molecule has 1 aromatic carbocycles. The number of benzene rings is 1. The maximum atomic E-state index is 13.9. The Hall–Kier alpha value is -1.67. The summed E-state index contributed by atoms with van der Waals surface area (Å²) in [5.41, 5.74) is 0.634. The molecule has 0 bridgehead atoms. The number of nitrogens with zero attached hydrogens (tertiary/aromatic N) is 1. The van der Waals surface area contributed by atoms with E-state index >= 15 is 0 Å². The third-order valence-electron chi connectivity index (χ3n) is 6.17. The molecule has 3 aliphatic rings. The molecule has 6 nitrogen and oxygen atoms in total. The normalized spacial score (nSPS) is 25.1. The number of hydrogen-bond acceptors (Lipinski definition) is 5. The van der Waals surface area contributed by atoms with Crippen LogP contribution in [0.3, 0.4) is 0 Å². The fourth-order valence-corrected chi connectivity index (χ4v) is 4.94. The highest BCUT2D eigenvalue weighted by Gasteiger charge is 2.44. The number of halogens is 1. The molecular formula is C21H28FNO5S. The van der Waals surface area contributed by atoms with Crippen molar-refractivity contribution in [1.82, 2.24) is 4.90 Å². The third kappa shape index (κ3) is 5.28. The number of hydrogen-bond donors (Lipinski definition) is 0. The fourth-order valence-electron chi connectivity index (χ4n) is 4.22. The fraction of sp³-hybridized carbons (Fsp3) is 0.667. The summed E-state index contributed by atoms with van der Waals surface area (Å²) < 4.78 is 48.0. The van der Waals surface area contributed by atoms with Crippen LogP contribution in [0.1, 0.15) is 37.7 Å². The predicted molar refractivity (Wildman–Crippen MR) is 105 cm³/mol. The maximum Gasteiger partial charge on any atom is 0.410 e. The number of carbonyl (C=O) groups is 1. The van der Waals surface area contributed by atoms with E-state index in [1.54, 1.807) is 6.07 Å². The Morgan fingerprint density at radius 3 is 2.55 bits per heavy atom. The van der Waals surface area contributed by atoms with Crippen molar-refractivity contribution in [3.8, 4) is 0 Å². The molecule has 0 unspecified atom stereocenters. The monoisotopic (exact) mass is 425 g/mol. The first-order valence-corrected chi connectivity index (χ1v) is 12.2. The van der Waals surface area contributed by atoms with E-state index < -0.39 is 15.7 Å². The highest BCUT2D eigenvalue weighted by atomic mass is 32.2. The minimum absolute atomic E-state index is 0.154. The van der Waals surface area contributed by atoms with Crippen LogP contribution in [0.25, 0.3) is 0 Å². The average molecular weight is 426 g/mol. The summed E-state index contributed by atoms with van der Waals surface area (Å²) in [6, 6.07) is 4.13. The molecule has 0 spiro atoms. The lowest BCUT2D eigenvalue weighted by molar-refractivity contribution is 0.0757. The molecule has 0 aromatic heterocycles. The second-order valence-corrected chi connectivity index (χ2v) is 10.6. The molecule has 3 fully saturated rings. The molecule has 1 aliphatic heterocycles. The van der Waals surface area contributed by atoms with E-state index in [1.165, 1.54) is 12.1 Å². The molecule has 0 N–H and O–H groups in total. The van der Waals surface area contributed by atoms with Crippen LogP contribution < -0.4 is 0 Å². The molecule has 29 heavy (non-hydrogen) atoms. The predicted octanol–water partition coefficient (Wildman–Crippen LogP) is 3.39. The lowest BCUT2D eigenvalue weighted by Crippen LogP contribution is -2.39. The van der Waals surface area contributed by atoms with Gasteiger partial charge in [0, 0.05) is 19.3 Å². The number of sulfone groups is 1. The molecule has 8 heteroatoms. The second kappa shape index (κ2) is 8.22. The van der Waals surface area contributed by atoms with Gasteiger partial charge in [-0.05, 0) is 67.6 Å². The smallest absolute Gasteiger partial charge is 0.410 e. The van der Waals surface area contributed by atoms with Crippen molar-refractivity contribution in [3.63, 3.8) is 0 Å². The van der Waals surface area contributed by atoms with E-state index in [-0.39, 0.29) is 23.7 Å². The zero-order chi connectivity index (χ0) is 20.6. The third-order valence-corrected chi connectivity index (χ3v) is 7.30. The van der Waals surface area contributed by atoms with E-state index in [0.29, 0.717) is 29.9 Å². The summed E-state index contributed by atoms with van der Waals surface area (Å²) in [7, 11) is -3.55. The van der Waals surface area contributed by atoms with Crippen LogP contribution in [0.4, 0.5) is 9.18 Å². The summed E-state index contributed by atoms with van der Waals surface area (Å²) >= 11 is 0. The number of carbonyl (C=O) groups excluding carboxylic acids is 1. The van der Waals surface area contributed by atoms with Crippen molar-refractivity contribution in [3.05, 3.63) is 29.6 Å². The van der Waals surface area contributed by atoms with Gasteiger partial charge in [0.1, 0.15) is 16.8 Å². The van der Waals surface area contributed by atoms with Gasteiger partial charge in [-0.15, -0.1) is 0 Å². The first-order valence-electron chi connectivity index (χ1n) is 10.3. The largest absolute Gasteiger partial charge is 0.446 e. The van der Waals surface area contributed by atoms with E-state index in [2.05, 4.69) is 0 Å². The summed E-state index contributed by atoms with van der Waals surface area (Å²) in [4.78, 5) is 13.6. The minimum Gasteiger partial charge on any atom is -0.446 e. The SMILES string of the molecule is CS(=O)(=O)c1ccc(COC[C@H]2C[C@@H]2C2CCN(C(=O)OC3CC3)CC2)cc1F. The Morgan fingerprint density at radius 2 is 1.93 bits per heavy atom. The van der Waals surface area contributed by atoms with Crippen LogP contribution in [0.2, 0.25) is 0 Å². The summed E-state index contributed by atoms with van der Waals surface area (Å²) in [6.45, 7) is 2.44. The Bertz CT molecular complexity index is 862. The Kier molecular flexibility index (Phi) is 5.84. The molecule has 1 aromatic rings. The van der Waals surface area contributed by atoms with Crippen molar-refractivity contribution in [2.45, 2.75) is 49.7 Å². The Labute approximate surface area is 171 Å². The first-order chi connectivity index (χ1) is 13.8. The van der Waals surface area contributed by atoms with Crippen LogP contribution >= 0.6 is 0 Å². The van der Waals surface area contributed by atoms with Gasteiger partial charge in [0.15, 0.2) is 9.84 Å². The van der Waals surface area contributed by atoms with Gasteiger partial charge in [-0.25, -0.2) is 17.6 Å². The number of amides is 1. The van der Waals surface area contributed by atoms with Crippen molar-refractivity contribution < 1.29 is 27.1 Å². The highest BCUT2D eigenvalue weighted by molar-refractivity contribution is 7.90. The van der Waals surface area contributed by atoms with Crippen molar-refractivity contribution in [2.75, 3.05) is 26.0 Å². The van der Waals surface area contributed by atoms with Crippen LogP contribution in [0, 0.1) is 23.6 Å². The lowest BCUT2D eigenvalue weighted by Gasteiger charge is -2.31. The van der Waals surface area contributed by atoms with Crippen LogP contribution in [0.5, 0.6) is 0 Å². The number of piperidine rings is 1. The zero-order valence-corrected chi connectivity index (χ0v) is 17.5.